The molecule has 2 aromatic carbocycles. The van der Waals surface area contributed by atoms with Gasteiger partial charge in [-0.2, -0.15) is 0 Å². The van der Waals surface area contributed by atoms with E-state index in [0.29, 0.717) is 35.7 Å². The van der Waals surface area contributed by atoms with Gasteiger partial charge in [0.05, 0.1) is 19.9 Å². The van der Waals surface area contributed by atoms with E-state index in [9.17, 15) is 18.0 Å². The molecule has 1 N–H and O–H groups in total. The maximum absolute atomic E-state index is 12.8. The van der Waals surface area contributed by atoms with Crippen molar-refractivity contribution < 1.29 is 36.7 Å². The van der Waals surface area contributed by atoms with Crippen molar-refractivity contribution >= 4 is 5.91 Å². The van der Waals surface area contributed by atoms with Gasteiger partial charge in [-0.15, -0.1) is 13.2 Å². The predicted molar refractivity (Wildman–Crippen MR) is 109 cm³/mol. The lowest BCUT2D eigenvalue weighted by molar-refractivity contribution is -0.274. The first-order valence-electron chi connectivity index (χ1n) is 9.53. The molecule has 1 heterocycles. The molecule has 0 aliphatic heterocycles. The number of aryl methyl sites for hydroxylation is 1. The highest BCUT2D eigenvalue weighted by Gasteiger charge is 2.31. The monoisotopic (exact) mass is 450 g/mol. The van der Waals surface area contributed by atoms with Gasteiger partial charge < -0.3 is 24.1 Å². The van der Waals surface area contributed by atoms with Gasteiger partial charge in [-0.25, -0.2) is 0 Å². The molecule has 0 fully saturated rings. The van der Waals surface area contributed by atoms with Crippen LogP contribution in [0.2, 0.25) is 0 Å². The average Bonchev–Trinajstić information content (AvgIpc) is 3.14. The first-order valence-corrected chi connectivity index (χ1v) is 9.53. The normalized spacial score (nSPS) is 11.2. The molecule has 0 aliphatic carbocycles. The molecule has 0 saturated carbocycles. The second-order valence-corrected chi connectivity index (χ2v) is 6.74. The van der Waals surface area contributed by atoms with E-state index in [-0.39, 0.29) is 17.1 Å². The van der Waals surface area contributed by atoms with Crippen molar-refractivity contribution in [3.8, 4) is 28.6 Å². The molecule has 1 amide bonds. The summed E-state index contributed by atoms with van der Waals surface area (Å²) in [6.45, 7) is 1.94. The molecule has 3 rings (SSSR count). The summed E-state index contributed by atoms with van der Waals surface area (Å²) in [7, 11) is 3.09. The smallest absolute Gasteiger partial charge is 0.493 e. The van der Waals surface area contributed by atoms with Crippen molar-refractivity contribution in [1.82, 2.24) is 10.5 Å². The minimum Gasteiger partial charge on any atom is -0.493 e. The third-order valence-corrected chi connectivity index (χ3v) is 4.59. The molecule has 0 saturated heterocycles. The van der Waals surface area contributed by atoms with Crippen LogP contribution in [0.1, 0.15) is 21.6 Å². The SMILES string of the molecule is COc1ccc(CCNC(=O)c2c(C)noc2-c2ccc(OC(F)(F)F)cc2)cc1OC. The predicted octanol–water partition coefficient (Wildman–Crippen LogP) is 4.54. The van der Waals surface area contributed by atoms with Crippen LogP contribution in [0.3, 0.4) is 0 Å². The Hall–Kier alpha value is -3.69. The van der Waals surface area contributed by atoms with E-state index < -0.39 is 12.3 Å². The Morgan fingerprint density at radius 3 is 2.38 bits per heavy atom. The first-order chi connectivity index (χ1) is 15.2. The van der Waals surface area contributed by atoms with E-state index in [0.717, 1.165) is 17.7 Å². The Labute approximate surface area is 182 Å². The van der Waals surface area contributed by atoms with Crippen molar-refractivity contribution in [3.63, 3.8) is 0 Å². The summed E-state index contributed by atoms with van der Waals surface area (Å²) in [4.78, 5) is 12.8. The van der Waals surface area contributed by atoms with Crippen LogP contribution < -0.4 is 19.5 Å². The summed E-state index contributed by atoms with van der Waals surface area (Å²) in [6.07, 6.45) is -4.25. The van der Waals surface area contributed by atoms with Gasteiger partial charge in [-0.1, -0.05) is 11.2 Å². The molecule has 32 heavy (non-hydrogen) atoms. The molecule has 3 aromatic rings. The molecule has 7 nitrogen and oxygen atoms in total. The van der Waals surface area contributed by atoms with Gasteiger partial charge in [0.25, 0.3) is 5.91 Å². The Kier molecular flexibility index (Phi) is 6.92. The molecule has 0 bridgehead atoms. The number of carbonyl (C=O) groups is 1. The third kappa shape index (κ3) is 5.51. The van der Waals surface area contributed by atoms with E-state index in [1.807, 2.05) is 12.1 Å². The van der Waals surface area contributed by atoms with Crippen LogP contribution in [0, 0.1) is 6.92 Å². The number of aromatic nitrogens is 1. The number of benzene rings is 2. The van der Waals surface area contributed by atoms with Gasteiger partial charge in [-0.3, -0.25) is 4.79 Å². The highest BCUT2D eigenvalue weighted by Crippen LogP contribution is 2.30. The minimum atomic E-state index is -4.79. The summed E-state index contributed by atoms with van der Waals surface area (Å²) in [5, 5.41) is 6.63. The molecule has 170 valence electrons. The topological polar surface area (TPSA) is 82.8 Å². The number of hydrogen-bond donors (Lipinski definition) is 1. The fraction of sp³-hybridized carbons (Fsp3) is 0.273. The molecule has 0 radical (unpaired) electrons. The van der Waals surface area contributed by atoms with Gasteiger partial charge >= 0.3 is 6.36 Å². The lowest BCUT2D eigenvalue weighted by atomic mass is 10.1. The van der Waals surface area contributed by atoms with Gasteiger partial charge in [0.2, 0.25) is 0 Å². The zero-order chi connectivity index (χ0) is 23.3. The highest BCUT2D eigenvalue weighted by molar-refractivity contribution is 6.00. The lowest BCUT2D eigenvalue weighted by Gasteiger charge is -2.10. The molecule has 1 aromatic heterocycles. The summed E-state index contributed by atoms with van der Waals surface area (Å²) in [5.74, 6) is 0.570. The Bertz CT molecular complexity index is 1080. The third-order valence-electron chi connectivity index (χ3n) is 4.59. The van der Waals surface area contributed by atoms with Crippen molar-refractivity contribution in [2.75, 3.05) is 20.8 Å². The number of rotatable bonds is 8. The minimum absolute atomic E-state index is 0.157. The van der Waals surface area contributed by atoms with Crippen LogP contribution in [0.25, 0.3) is 11.3 Å². The number of nitrogens with zero attached hydrogens (tertiary/aromatic N) is 1. The zero-order valence-corrected chi connectivity index (χ0v) is 17.6. The number of hydrogen-bond acceptors (Lipinski definition) is 6. The molecule has 0 atom stereocenters. The standard InChI is InChI=1S/C22H21F3N2O5/c1-13-19(20(32-27-13)15-5-7-16(8-6-15)31-22(23,24)25)21(28)26-11-10-14-4-9-17(29-2)18(12-14)30-3/h4-9,12H,10-11H2,1-3H3,(H,26,28). The van der Waals surface area contributed by atoms with Crippen LogP contribution in [0.4, 0.5) is 13.2 Å². The van der Waals surface area contributed by atoms with E-state index in [1.165, 1.54) is 12.1 Å². The van der Waals surface area contributed by atoms with Crippen LogP contribution in [0.5, 0.6) is 17.2 Å². The van der Waals surface area contributed by atoms with Crippen molar-refractivity contribution in [2.45, 2.75) is 19.7 Å². The number of methoxy groups -OCH3 is 2. The second kappa shape index (κ2) is 9.63. The number of amides is 1. The summed E-state index contributed by atoms with van der Waals surface area (Å²) >= 11 is 0. The van der Waals surface area contributed by atoms with Crippen molar-refractivity contribution in [3.05, 3.63) is 59.3 Å². The maximum Gasteiger partial charge on any atom is 0.573 e. The summed E-state index contributed by atoms with van der Waals surface area (Å²) in [5.41, 5.74) is 1.90. The van der Waals surface area contributed by atoms with Gasteiger partial charge in [0.1, 0.15) is 11.3 Å². The summed E-state index contributed by atoms with van der Waals surface area (Å²) in [6, 6.07) is 10.5. The molecule has 0 aliphatic rings. The summed E-state index contributed by atoms with van der Waals surface area (Å²) < 4.78 is 56.6. The largest absolute Gasteiger partial charge is 0.573 e. The second-order valence-electron chi connectivity index (χ2n) is 6.74. The number of alkyl halides is 3. The lowest BCUT2D eigenvalue weighted by Crippen LogP contribution is -2.26. The average molecular weight is 450 g/mol. The van der Waals surface area contributed by atoms with Crippen LogP contribution in [0.15, 0.2) is 47.0 Å². The highest BCUT2D eigenvalue weighted by atomic mass is 19.4. The van der Waals surface area contributed by atoms with Crippen LogP contribution >= 0.6 is 0 Å². The Morgan fingerprint density at radius 2 is 1.75 bits per heavy atom. The number of carbonyl (C=O) groups excluding carboxylic acids is 1. The number of nitrogens with one attached hydrogen (secondary N) is 1. The quantitative estimate of drug-likeness (QED) is 0.543. The van der Waals surface area contributed by atoms with Crippen molar-refractivity contribution in [2.24, 2.45) is 0 Å². The van der Waals surface area contributed by atoms with E-state index in [2.05, 4.69) is 15.2 Å². The molecule has 0 spiro atoms. The van der Waals surface area contributed by atoms with Crippen LogP contribution in [-0.2, 0) is 6.42 Å². The van der Waals surface area contributed by atoms with Gasteiger partial charge in [0, 0.05) is 12.1 Å². The van der Waals surface area contributed by atoms with Gasteiger partial charge in [-0.05, 0) is 55.3 Å². The van der Waals surface area contributed by atoms with E-state index in [1.54, 1.807) is 27.2 Å². The zero-order valence-electron chi connectivity index (χ0n) is 17.6. The van der Waals surface area contributed by atoms with Crippen LogP contribution in [-0.4, -0.2) is 38.2 Å². The molecular formula is C22H21F3N2O5. The molecule has 10 heteroatoms. The van der Waals surface area contributed by atoms with E-state index >= 15 is 0 Å². The maximum atomic E-state index is 12.8. The fourth-order valence-corrected chi connectivity index (χ4v) is 3.09. The first kappa shape index (κ1) is 23.0. The molecular weight excluding hydrogens is 429 g/mol. The fourth-order valence-electron chi connectivity index (χ4n) is 3.09. The number of halogens is 3. The van der Waals surface area contributed by atoms with Crippen molar-refractivity contribution in [1.29, 1.82) is 0 Å². The Morgan fingerprint density at radius 1 is 1.06 bits per heavy atom. The Balaban J connectivity index is 1.69. The number of ether oxygens (including phenoxy) is 3. The molecule has 0 unspecified atom stereocenters. The van der Waals surface area contributed by atoms with E-state index in [4.69, 9.17) is 14.0 Å². The van der Waals surface area contributed by atoms with Gasteiger partial charge in [0.15, 0.2) is 17.3 Å².